The van der Waals surface area contributed by atoms with E-state index in [-0.39, 0.29) is 0 Å². The van der Waals surface area contributed by atoms with Crippen LogP contribution in [0.25, 0.3) is 0 Å². The van der Waals surface area contributed by atoms with Crippen LogP contribution in [0.3, 0.4) is 0 Å². The smallest absolute Gasteiger partial charge is 0.0674 e. The van der Waals surface area contributed by atoms with Crippen LogP contribution in [-0.4, -0.2) is 43.3 Å². The lowest BCUT2D eigenvalue weighted by atomic mass is 10.1. The van der Waals surface area contributed by atoms with Crippen LogP contribution in [-0.2, 0) is 4.74 Å². The van der Waals surface area contributed by atoms with E-state index >= 15 is 0 Å². The molecule has 1 saturated heterocycles. The van der Waals surface area contributed by atoms with Gasteiger partial charge in [-0.15, -0.1) is 0 Å². The van der Waals surface area contributed by atoms with Gasteiger partial charge in [-0.05, 0) is 25.8 Å². The highest BCUT2D eigenvalue weighted by Crippen LogP contribution is 2.15. The van der Waals surface area contributed by atoms with Crippen molar-refractivity contribution in [1.29, 1.82) is 0 Å². The lowest BCUT2D eigenvalue weighted by Crippen LogP contribution is -2.50. The maximum Gasteiger partial charge on any atom is 0.0674 e. The van der Waals surface area contributed by atoms with E-state index < -0.39 is 0 Å². The van der Waals surface area contributed by atoms with Crippen molar-refractivity contribution in [3.8, 4) is 0 Å². The van der Waals surface area contributed by atoms with Gasteiger partial charge in [0.15, 0.2) is 0 Å². The monoisotopic (exact) mass is 200 g/mol. The number of rotatable bonds is 4. The summed E-state index contributed by atoms with van der Waals surface area (Å²) < 4.78 is 5.65. The molecule has 84 valence electrons. The molecule has 0 aromatic rings. The number of morpholine rings is 1. The molecule has 1 rings (SSSR count). The summed E-state index contributed by atoms with van der Waals surface area (Å²) in [5.41, 5.74) is 5.65. The highest BCUT2D eigenvalue weighted by molar-refractivity contribution is 4.78. The first-order chi connectivity index (χ1) is 6.67. The SMILES string of the molecule is CCC1COC(C)CN1CC(C)CN. The van der Waals surface area contributed by atoms with Crippen LogP contribution in [0.2, 0.25) is 0 Å². The van der Waals surface area contributed by atoms with E-state index in [2.05, 4.69) is 25.7 Å². The van der Waals surface area contributed by atoms with Gasteiger partial charge in [-0.25, -0.2) is 0 Å². The standard InChI is InChI=1S/C11H24N2O/c1-4-11-8-14-10(3)7-13(11)6-9(2)5-12/h9-11H,4-8,12H2,1-3H3. The highest BCUT2D eigenvalue weighted by atomic mass is 16.5. The minimum Gasteiger partial charge on any atom is -0.376 e. The molecule has 0 aliphatic carbocycles. The Kier molecular flexibility index (Phi) is 4.85. The molecule has 1 fully saturated rings. The Morgan fingerprint density at radius 2 is 2.29 bits per heavy atom. The lowest BCUT2D eigenvalue weighted by molar-refractivity contribution is -0.0595. The maximum atomic E-state index is 5.65. The third kappa shape index (κ3) is 3.23. The summed E-state index contributed by atoms with van der Waals surface area (Å²) in [6.45, 7) is 10.4. The third-order valence-electron chi connectivity index (χ3n) is 3.00. The van der Waals surface area contributed by atoms with Gasteiger partial charge in [0.1, 0.15) is 0 Å². The van der Waals surface area contributed by atoms with Crippen molar-refractivity contribution in [2.45, 2.75) is 39.3 Å². The van der Waals surface area contributed by atoms with E-state index in [0.717, 1.165) is 26.2 Å². The van der Waals surface area contributed by atoms with Gasteiger partial charge in [0, 0.05) is 19.1 Å². The molecule has 0 spiro atoms. The first kappa shape index (κ1) is 12.0. The van der Waals surface area contributed by atoms with Gasteiger partial charge in [0.2, 0.25) is 0 Å². The van der Waals surface area contributed by atoms with E-state index in [0.29, 0.717) is 18.1 Å². The van der Waals surface area contributed by atoms with Crippen molar-refractivity contribution in [3.63, 3.8) is 0 Å². The summed E-state index contributed by atoms with van der Waals surface area (Å²) >= 11 is 0. The first-order valence-electron chi connectivity index (χ1n) is 5.73. The van der Waals surface area contributed by atoms with Crippen molar-refractivity contribution < 1.29 is 4.74 Å². The Morgan fingerprint density at radius 1 is 1.57 bits per heavy atom. The molecule has 1 aliphatic heterocycles. The lowest BCUT2D eigenvalue weighted by Gasteiger charge is -2.39. The van der Waals surface area contributed by atoms with Crippen LogP contribution in [0, 0.1) is 5.92 Å². The summed E-state index contributed by atoms with van der Waals surface area (Å²) in [4.78, 5) is 2.53. The molecular weight excluding hydrogens is 176 g/mol. The maximum absolute atomic E-state index is 5.65. The number of nitrogens with two attached hydrogens (primary N) is 1. The Balaban J connectivity index is 2.44. The highest BCUT2D eigenvalue weighted by Gasteiger charge is 2.25. The number of hydrogen-bond donors (Lipinski definition) is 1. The van der Waals surface area contributed by atoms with Crippen molar-refractivity contribution >= 4 is 0 Å². The van der Waals surface area contributed by atoms with Crippen molar-refractivity contribution in [3.05, 3.63) is 0 Å². The average molecular weight is 200 g/mol. The molecule has 1 heterocycles. The molecule has 0 radical (unpaired) electrons. The average Bonchev–Trinajstić information content (AvgIpc) is 2.18. The molecule has 3 atom stereocenters. The number of nitrogens with zero attached hydrogens (tertiary/aromatic N) is 1. The predicted octanol–water partition coefficient (Wildman–Crippen LogP) is 1.08. The zero-order valence-electron chi connectivity index (χ0n) is 9.70. The molecular formula is C11H24N2O. The summed E-state index contributed by atoms with van der Waals surface area (Å²) in [6, 6.07) is 0.597. The van der Waals surface area contributed by atoms with E-state index in [1.807, 2.05) is 0 Å². The second kappa shape index (κ2) is 5.69. The fraction of sp³-hybridized carbons (Fsp3) is 1.00. The topological polar surface area (TPSA) is 38.5 Å². The Bertz CT molecular complexity index is 163. The second-order valence-corrected chi connectivity index (χ2v) is 4.50. The van der Waals surface area contributed by atoms with Gasteiger partial charge in [-0.1, -0.05) is 13.8 Å². The van der Waals surface area contributed by atoms with Gasteiger partial charge in [-0.3, -0.25) is 4.90 Å². The molecule has 0 saturated carbocycles. The van der Waals surface area contributed by atoms with Crippen molar-refractivity contribution in [2.24, 2.45) is 11.7 Å². The Labute approximate surface area is 87.6 Å². The van der Waals surface area contributed by atoms with Crippen LogP contribution < -0.4 is 5.73 Å². The predicted molar refractivity (Wildman–Crippen MR) is 59.3 cm³/mol. The normalized spacial score (nSPS) is 31.7. The molecule has 3 nitrogen and oxygen atoms in total. The zero-order valence-corrected chi connectivity index (χ0v) is 9.70. The van der Waals surface area contributed by atoms with Gasteiger partial charge in [0.25, 0.3) is 0 Å². The van der Waals surface area contributed by atoms with Gasteiger partial charge >= 0.3 is 0 Å². The summed E-state index contributed by atoms with van der Waals surface area (Å²) in [6.07, 6.45) is 1.55. The summed E-state index contributed by atoms with van der Waals surface area (Å²) in [7, 11) is 0. The number of ether oxygens (including phenoxy) is 1. The van der Waals surface area contributed by atoms with Gasteiger partial charge in [-0.2, -0.15) is 0 Å². The Hall–Kier alpha value is -0.120. The van der Waals surface area contributed by atoms with E-state index in [1.165, 1.54) is 6.42 Å². The molecule has 0 aromatic carbocycles. The fourth-order valence-electron chi connectivity index (χ4n) is 1.99. The molecule has 0 aromatic heterocycles. The minimum absolute atomic E-state index is 0.378. The summed E-state index contributed by atoms with van der Waals surface area (Å²) in [5, 5.41) is 0. The molecule has 2 N–H and O–H groups in total. The zero-order chi connectivity index (χ0) is 10.6. The van der Waals surface area contributed by atoms with Gasteiger partial charge < -0.3 is 10.5 Å². The molecule has 1 aliphatic rings. The molecule has 0 amide bonds. The largest absolute Gasteiger partial charge is 0.376 e. The van der Waals surface area contributed by atoms with Gasteiger partial charge in [0.05, 0.1) is 12.7 Å². The van der Waals surface area contributed by atoms with Crippen LogP contribution in [0.15, 0.2) is 0 Å². The van der Waals surface area contributed by atoms with Crippen LogP contribution in [0.5, 0.6) is 0 Å². The minimum atomic E-state index is 0.378. The molecule has 3 heteroatoms. The Morgan fingerprint density at radius 3 is 2.86 bits per heavy atom. The van der Waals surface area contributed by atoms with Crippen LogP contribution >= 0.6 is 0 Å². The van der Waals surface area contributed by atoms with Crippen molar-refractivity contribution in [1.82, 2.24) is 4.90 Å². The quantitative estimate of drug-likeness (QED) is 0.738. The summed E-state index contributed by atoms with van der Waals surface area (Å²) in [5.74, 6) is 0.592. The van der Waals surface area contributed by atoms with E-state index in [1.54, 1.807) is 0 Å². The molecule has 3 unspecified atom stereocenters. The fourth-order valence-corrected chi connectivity index (χ4v) is 1.99. The van der Waals surface area contributed by atoms with Crippen LogP contribution in [0.1, 0.15) is 27.2 Å². The number of hydrogen-bond acceptors (Lipinski definition) is 3. The van der Waals surface area contributed by atoms with E-state index in [9.17, 15) is 0 Å². The molecule has 0 bridgehead atoms. The molecule has 14 heavy (non-hydrogen) atoms. The van der Waals surface area contributed by atoms with Crippen LogP contribution in [0.4, 0.5) is 0 Å². The third-order valence-corrected chi connectivity index (χ3v) is 3.00. The van der Waals surface area contributed by atoms with Crippen molar-refractivity contribution in [2.75, 3.05) is 26.2 Å². The first-order valence-corrected chi connectivity index (χ1v) is 5.73. The van der Waals surface area contributed by atoms with E-state index in [4.69, 9.17) is 10.5 Å². The second-order valence-electron chi connectivity index (χ2n) is 4.50.